The lowest BCUT2D eigenvalue weighted by atomic mass is 9.98. The summed E-state index contributed by atoms with van der Waals surface area (Å²) in [6, 6.07) is 0. The van der Waals surface area contributed by atoms with E-state index in [0.717, 1.165) is 6.08 Å². The Balaban J connectivity index is 2.80. The van der Waals surface area contributed by atoms with Gasteiger partial charge >= 0.3 is 6.18 Å². The summed E-state index contributed by atoms with van der Waals surface area (Å²) in [7, 11) is 0. The van der Waals surface area contributed by atoms with Crippen LogP contribution in [0.25, 0.3) is 0 Å². The topological polar surface area (TPSA) is 0 Å². The maximum absolute atomic E-state index is 12.0. The van der Waals surface area contributed by atoms with E-state index in [1.807, 2.05) is 0 Å². The third kappa shape index (κ3) is 2.10. The minimum absolute atomic E-state index is 0.0108. The molecule has 0 saturated carbocycles. The number of alkyl halides is 3. The Morgan fingerprint density at radius 3 is 2.45 bits per heavy atom. The monoisotopic (exact) mass is 162 g/mol. The summed E-state index contributed by atoms with van der Waals surface area (Å²) in [5, 5.41) is 0. The molecule has 0 fully saturated rings. The number of allylic oxidation sites excluding steroid dienone is 4. The minimum Gasteiger partial charge on any atom is -0.166 e. The van der Waals surface area contributed by atoms with Gasteiger partial charge in [-0.2, -0.15) is 13.2 Å². The van der Waals surface area contributed by atoms with Crippen LogP contribution >= 0.6 is 0 Å². The van der Waals surface area contributed by atoms with Gasteiger partial charge in [0.15, 0.2) is 0 Å². The van der Waals surface area contributed by atoms with Crippen LogP contribution in [0.4, 0.5) is 13.2 Å². The number of hydrogen-bond donors (Lipinski definition) is 0. The van der Waals surface area contributed by atoms with E-state index in [1.165, 1.54) is 6.08 Å². The van der Waals surface area contributed by atoms with Crippen molar-refractivity contribution in [3.05, 3.63) is 23.8 Å². The summed E-state index contributed by atoms with van der Waals surface area (Å²) < 4.78 is 36.0. The van der Waals surface area contributed by atoms with Crippen LogP contribution < -0.4 is 0 Å². The van der Waals surface area contributed by atoms with Crippen molar-refractivity contribution < 1.29 is 13.2 Å². The highest BCUT2D eigenvalue weighted by molar-refractivity contribution is 5.27. The SMILES string of the molecule is CC1C=C(C(F)(F)F)C=CC1. The molecular formula is C8H9F3. The summed E-state index contributed by atoms with van der Waals surface area (Å²) in [4.78, 5) is 0. The number of halogens is 3. The number of hydrogen-bond acceptors (Lipinski definition) is 0. The molecule has 1 unspecified atom stereocenters. The van der Waals surface area contributed by atoms with Crippen molar-refractivity contribution in [1.29, 1.82) is 0 Å². The van der Waals surface area contributed by atoms with Crippen LogP contribution in [0.1, 0.15) is 13.3 Å². The van der Waals surface area contributed by atoms with Crippen molar-refractivity contribution >= 4 is 0 Å². The molecule has 0 nitrogen and oxygen atoms in total. The minimum atomic E-state index is -4.18. The fourth-order valence-electron chi connectivity index (χ4n) is 1.03. The van der Waals surface area contributed by atoms with E-state index in [4.69, 9.17) is 0 Å². The van der Waals surface area contributed by atoms with E-state index in [0.29, 0.717) is 6.42 Å². The highest BCUT2D eigenvalue weighted by Crippen LogP contribution is 2.30. The normalized spacial score (nSPS) is 25.1. The van der Waals surface area contributed by atoms with Gasteiger partial charge < -0.3 is 0 Å². The second kappa shape index (κ2) is 2.72. The van der Waals surface area contributed by atoms with E-state index in [-0.39, 0.29) is 5.92 Å². The lowest BCUT2D eigenvalue weighted by Gasteiger charge is -2.14. The maximum atomic E-state index is 12.0. The van der Waals surface area contributed by atoms with E-state index < -0.39 is 11.7 Å². The van der Waals surface area contributed by atoms with Crippen LogP contribution in [-0.2, 0) is 0 Å². The molecule has 1 atom stereocenters. The lowest BCUT2D eigenvalue weighted by molar-refractivity contribution is -0.0888. The molecule has 0 aromatic rings. The Morgan fingerprint density at radius 2 is 2.09 bits per heavy atom. The Morgan fingerprint density at radius 1 is 1.45 bits per heavy atom. The molecule has 0 aromatic carbocycles. The highest BCUT2D eigenvalue weighted by atomic mass is 19.4. The van der Waals surface area contributed by atoms with Gasteiger partial charge in [-0.1, -0.05) is 25.2 Å². The quantitative estimate of drug-likeness (QED) is 0.513. The van der Waals surface area contributed by atoms with Gasteiger partial charge in [-0.3, -0.25) is 0 Å². The van der Waals surface area contributed by atoms with Crippen LogP contribution in [0.3, 0.4) is 0 Å². The van der Waals surface area contributed by atoms with Crippen molar-refractivity contribution in [2.45, 2.75) is 19.5 Å². The van der Waals surface area contributed by atoms with E-state index in [1.54, 1.807) is 13.0 Å². The molecule has 0 heterocycles. The zero-order chi connectivity index (χ0) is 8.48. The Bertz CT molecular complexity index is 198. The summed E-state index contributed by atoms with van der Waals surface area (Å²) >= 11 is 0. The van der Waals surface area contributed by atoms with Crippen molar-refractivity contribution in [3.63, 3.8) is 0 Å². The predicted molar refractivity (Wildman–Crippen MR) is 37.1 cm³/mol. The summed E-state index contributed by atoms with van der Waals surface area (Å²) in [5.74, 6) is 0.0108. The zero-order valence-electron chi connectivity index (χ0n) is 6.15. The fourth-order valence-corrected chi connectivity index (χ4v) is 1.03. The molecule has 0 aromatic heterocycles. The molecule has 0 amide bonds. The van der Waals surface area contributed by atoms with Gasteiger partial charge in [0.1, 0.15) is 0 Å². The maximum Gasteiger partial charge on any atom is 0.416 e. The molecule has 0 N–H and O–H groups in total. The molecule has 0 radical (unpaired) electrons. The van der Waals surface area contributed by atoms with Crippen molar-refractivity contribution in [3.8, 4) is 0 Å². The van der Waals surface area contributed by atoms with E-state index >= 15 is 0 Å². The van der Waals surface area contributed by atoms with Gasteiger partial charge in [-0.15, -0.1) is 0 Å². The molecule has 0 bridgehead atoms. The van der Waals surface area contributed by atoms with Gasteiger partial charge in [0.05, 0.1) is 5.57 Å². The zero-order valence-corrected chi connectivity index (χ0v) is 6.15. The molecule has 62 valence electrons. The van der Waals surface area contributed by atoms with Crippen LogP contribution in [0.2, 0.25) is 0 Å². The van der Waals surface area contributed by atoms with Gasteiger partial charge in [-0.25, -0.2) is 0 Å². The second-order valence-electron chi connectivity index (χ2n) is 2.74. The van der Waals surface area contributed by atoms with Crippen molar-refractivity contribution in [2.75, 3.05) is 0 Å². The third-order valence-corrected chi connectivity index (χ3v) is 1.60. The first-order valence-corrected chi connectivity index (χ1v) is 3.45. The van der Waals surface area contributed by atoms with Crippen LogP contribution in [0.15, 0.2) is 23.8 Å². The Kier molecular flexibility index (Phi) is 2.07. The van der Waals surface area contributed by atoms with Crippen LogP contribution in [0, 0.1) is 5.92 Å². The van der Waals surface area contributed by atoms with Crippen molar-refractivity contribution in [1.82, 2.24) is 0 Å². The Hall–Kier alpha value is -0.730. The van der Waals surface area contributed by atoms with E-state index in [9.17, 15) is 13.2 Å². The molecule has 3 heteroatoms. The fraction of sp³-hybridized carbons (Fsp3) is 0.500. The van der Waals surface area contributed by atoms with Gasteiger partial charge in [-0.05, 0) is 12.3 Å². The number of rotatable bonds is 0. The highest BCUT2D eigenvalue weighted by Gasteiger charge is 2.32. The van der Waals surface area contributed by atoms with Gasteiger partial charge in [0, 0.05) is 0 Å². The molecule has 0 aliphatic heterocycles. The first-order chi connectivity index (χ1) is 5.00. The Labute approximate surface area is 63.4 Å². The summed E-state index contributed by atoms with van der Waals surface area (Å²) in [6.45, 7) is 1.77. The standard InChI is InChI=1S/C8H9F3/c1-6-3-2-4-7(5-6)8(9,10)11/h2,4-6H,3H2,1H3. The average Bonchev–Trinajstić information content (AvgIpc) is 1.86. The molecule has 1 rings (SSSR count). The smallest absolute Gasteiger partial charge is 0.166 e. The largest absolute Gasteiger partial charge is 0.416 e. The first-order valence-electron chi connectivity index (χ1n) is 3.45. The van der Waals surface area contributed by atoms with Crippen LogP contribution in [-0.4, -0.2) is 6.18 Å². The van der Waals surface area contributed by atoms with Crippen molar-refractivity contribution in [2.24, 2.45) is 5.92 Å². The second-order valence-corrected chi connectivity index (χ2v) is 2.74. The molecule has 1 aliphatic carbocycles. The summed E-state index contributed by atoms with van der Waals surface area (Å²) in [5.41, 5.74) is -0.517. The van der Waals surface area contributed by atoms with Gasteiger partial charge in [0.25, 0.3) is 0 Å². The van der Waals surface area contributed by atoms with E-state index in [2.05, 4.69) is 0 Å². The molecule has 11 heavy (non-hydrogen) atoms. The molecule has 0 spiro atoms. The summed E-state index contributed by atoms with van der Waals surface area (Å²) in [6.07, 6.45) is 0.498. The molecular weight excluding hydrogens is 153 g/mol. The predicted octanol–water partition coefficient (Wildman–Crippen LogP) is 3.07. The van der Waals surface area contributed by atoms with Crippen LogP contribution in [0.5, 0.6) is 0 Å². The lowest BCUT2D eigenvalue weighted by Crippen LogP contribution is -2.13. The average molecular weight is 162 g/mol. The molecule has 0 saturated heterocycles. The third-order valence-electron chi connectivity index (χ3n) is 1.60. The molecule has 1 aliphatic rings. The first kappa shape index (κ1) is 8.37. The van der Waals surface area contributed by atoms with Gasteiger partial charge in [0.2, 0.25) is 0 Å².